The van der Waals surface area contributed by atoms with Gasteiger partial charge in [-0.15, -0.1) is 10.2 Å². The molecular formula is C17H12N4O5. The predicted molar refractivity (Wildman–Crippen MR) is 88.1 cm³/mol. The van der Waals surface area contributed by atoms with Crippen molar-refractivity contribution in [3.05, 3.63) is 64.6 Å². The lowest BCUT2D eigenvalue weighted by atomic mass is 10.1. The fraction of sp³-hybridized carbons (Fsp3) is 0.118. The summed E-state index contributed by atoms with van der Waals surface area (Å²) in [6, 6.07) is 10.1. The first-order chi connectivity index (χ1) is 12.6. The number of furan rings is 1. The Labute approximate surface area is 145 Å². The van der Waals surface area contributed by atoms with Gasteiger partial charge in [0.2, 0.25) is 0 Å². The van der Waals surface area contributed by atoms with Gasteiger partial charge in [-0.2, -0.15) is 5.10 Å². The number of hydrogen-bond donors (Lipinski definition) is 0. The number of ether oxygens (including phenoxy) is 1. The van der Waals surface area contributed by atoms with Crippen LogP contribution in [0.3, 0.4) is 0 Å². The SMILES string of the molecule is Cn1nc(C(=O)OCc2nnc(-c3ccco3)o2)c2ccccc2c1=O. The number of carbonyl (C=O) groups is 1. The summed E-state index contributed by atoms with van der Waals surface area (Å²) in [7, 11) is 1.47. The van der Waals surface area contributed by atoms with Crippen LogP contribution in [0.5, 0.6) is 0 Å². The van der Waals surface area contributed by atoms with E-state index in [2.05, 4.69) is 15.3 Å². The summed E-state index contributed by atoms with van der Waals surface area (Å²) >= 11 is 0. The molecule has 0 radical (unpaired) electrons. The average molecular weight is 352 g/mol. The van der Waals surface area contributed by atoms with E-state index >= 15 is 0 Å². The number of benzene rings is 1. The second-order valence-corrected chi connectivity index (χ2v) is 5.38. The lowest BCUT2D eigenvalue weighted by Gasteiger charge is -2.07. The van der Waals surface area contributed by atoms with E-state index in [1.54, 1.807) is 36.4 Å². The van der Waals surface area contributed by atoms with Gasteiger partial charge in [-0.05, 0) is 18.2 Å². The summed E-state index contributed by atoms with van der Waals surface area (Å²) in [6.45, 7) is -0.231. The third kappa shape index (κ3) is 2.75. The molecule has 0 saturated carbocycles. The zero-order valence-electron chi connectivity index (χ0n) is 13.6. The Morgan fingerprint density at radius 3 is 2.73 bits per heavy atom. The number of aromatic nitrogens is 4. The number of esters is 1. The van der Waals surface area contributed by atoms with Gasteiger partial charge in [0.05, 0.1) is 11.6 Å². The van der Waals surface area contributed by atoms with Crippen LogP contribution < -0.4 is 5.56 Å². The van der Waals surface area contributed by atoms with Crippen molar-refractivity contribution in [3.8, 4) is 11.7 Å². The van der Waals surface area contributed by atoms with E-state index < -0.39 is 5.97 Å². The second-order valence-electron chi connectivity index (χ2n) is 5.38. The molecule has 0 spiro atoms. The van der Waals surface area contributed by atoms with Crippen LogP contribution in [-0.4, -0.2) is 25.9 Å². The third-order valence-electron chi connectivity index (χ3n) is 3.68. The average Bonchev–Trinajstić information content (AvgIpc) is 3.34. The molecule has 4 aromatic rings. The molecule has 9 nitrogen and oxygen atoms in total. The van der Waals surface area contributed by atoms with E-state index in [9.17, 15) is 9.59 Å². The number of rotatable bonds is 4. The van der Waals surface area contributed by atoms with Gasteiger partial charge in [-0.1, -0.05) is 18.2 Å². The van der Waals surface area contributed by atoms with Crippen LogP contribution in [0.15, 0.2) is 56.3 Å². The molecule has 0 N–H and O–H groups in total. The van der Waals surface area contributed by atoms with Crippen LogP contribution in [0, 0.1) is 0 Å². The highest BCUT2D eigenvalue weighted by molar-refractivity contribution is 6.02. The van der Waals surface area contributed by atoms with Crippen molar-refractivity contribution in [2.45, 2.75) is 6.61 Å². The van der Waals surface area contributed by atoms with Gasteiger partial charge in [-0.25, -0.2) is 9.48 Å². The van der Waals surface area contributed by atoms with Crippen LogP contribution in [0.1, 0.15) is 16.4 Å². The summed E-state index contributed by atoms with van der Waals surface area (Å²) in [4.78, 5) is 24.5. The Morgan fingerprint density at radius 2 is 1.96 bits per heavy atom. The van der Waals surface area contributed by atoms with E-state index in [1.165, 1.54) is 13.3 Å². The van der Waals surface area contributed by atoms with Crippen molar-refractivity contribution in [1.82, 2.24) is 20.0 Å². The van der Waals surface area contributed by atoms with E-state index in [1.807, 2.05) is 0 Å². The van der Waals surface area contributed by atoms with Crippen molar-refractivity contribution in [2.24, 2.45) is 7.05 Å². The highest BCUT2D eigenvalue weighted by Crippen LogP contribution is 2.19. The second kappa shape index (κ2) is 6.28. The number of nitrogens with zero attached hydrogens (tertiary/aromatic N) is 4. The molecule has 130 valence electrons. The zero-order chi connectivity index (χ0) is 18.1. The summed E-state index contributed by atoms with van der Waals surface area (Å²) in [6.07, 6.45) is 1.48. The summed E-state index contributed by atoms with van der Waals surface area (Å²) in [5.74, 6) is 0.0148. The largest absolute Gasteiger partial charge is 0.459 e. The van der Waals surface area contributed by atoms with Crippen molar-refractivity contribution in [3.63, 3.8) is 0 Å². The van der Waals surface area contributed by atoms with E-state index in [-0.39, 0.29) is 29.6 Å². The van der Waals surface area contributed by atoms with E-state index in [0.717, 1.165) is 4.68 Å². The van der Waals surface area contributed by atoms with Crippen LogP contribution in [0.25, 0.3) is 22.4 Å². The molecular weight excluding hydrogens is 340 g/mol. The molecule has 9 heteroatoms. The normalized spacial score (nSPS) is 11.0. The first-order valence-electron chi connectivity index (χ1n) is 7.63. The molecule has 0 unspecified atom stereocenters. The van der Waals surface area contributed by atoms with Gasteiger partial charge in [0.1, 0.15) is 0 Å². The molecule has 3 heterocycles. The maximum absolute atomic E-state index is 12.4. The highest BCUT2D eigenvalue weighted by atomic mass is 16.5. The van der Waals surface area contributed by atoms with Crippen LogP contribution in [0.4, 0.5) is 0 Å². The standard InChI is InChI=1S/C17H12N4O5/c1-21-16(22)11-6-3-2-5-10(11)14(20-21)17(23)25-9-13-18-19-15(26-13)12-7-4-8-24-12/h2-8H,9H2,1H3. The van der Waals surface area contributed by atoms with E-state index in [4.69, 9.17) is 13.6 Å². The Morgan fingerprint density at radius 1 is 1.15 bits per heavy atom. The van der Waals surface area contributed by atoms with Gasteiger partial charge < -0.3 is 13.6 Å². The van der Waals surface area contributed by atoms with Gasteiger partial charge in [0, 0.05) is 12.4 Å². The summed E-state index contributed by atoms with van der Waals surface area (Å²) in [5, 5.41) is 12.4. The maximum atomic E-state index is 12.4. The summed E-state index contributed by atoms with van der Waals surface area (Å²) < 4.78 is 16.8. The minimum absolute atomic E-state index is 0.0356. The van der Waals surface area contributed by atoms with Crippen molar-refractivity contribution in [1.29, 1.82) is 0 Å². The van der Waals surface area contributed by atoms with Gasteiger partial charge in [-0.3, -0.25) is 4.79 Å². The van der Waals surface area contributed by atoms with Gasteiger partial charge in [0.25, 0.3) is 17.3 Å². The molecule has 0 aliphatic heterocycles. The maximum Gasteiger partial charge on any atom is 0.359 e. The highest BCUT2D eigenvalue weighted by Gasteiger charge is 2.18. The molecule has 0 aliphatic rings. The molecule has 26 heavy (non-hydrogen) atoms. The van der Waals surface area contributed by atoms with Crippen LogP contribution >= 0.6 is 0 Å². The summed E-state index contributed by atoms with van der Waals surface area (Å²) in [5.41, 5.74) is -0.259. The van der Waals surface area contributed by atoms with Crippen molar-refractivity contribution in [2.75, 3.05) is 0 Å². The zero-order valence-corrected chi connectivity index (χ0v) is 13.6. The number of aryl methyl sites for hydroxylation is 1. The van der Waals surface area contributed by atoms with Gasteiger partial charge >= 0.3 is 5.97 Å². The molecule has 0 atom stereocenters. The Bertz CT molecular complexity index is 1140. The third-order valence-corrected chi connectivity index (χ3v) is 3.68. The molecule has 0 saturated heterocycles. The fourth-order valence-corrected chi connectivity index (χ4v) is 2.46. The first-order valence-corrected chi connectivity index (χ1v) is 7.63. The molecule has 0 amide bonds. The topological polar surface area (TPSA) is 113 Å². The molecule has 3 aromatic heterocycles. The minimum atomic E-state index is -0.699. The van der Waals surface area contributed by atoms with Crippen LogP contribution in [0.2, 0.25) is 0 Å². The lowest BCUT2D eigenvalue weighted by Crippen LogP contribution is -2.23. The fourth-order valence-electron chi connectivity index (χ4n) is 2.46. The monoisotopic (exact) mass is 352 g/mol. The van der Waals surface area contributed by atoms with Crippen LogP contribution in [-0.2, 0) is 18.4 Å². The molecule has 1 aromatic carbocycles. The lowest BCUT2D eigenvalue weighted by molar-refractivity contribution is 0.0431. The predicted octanol–water partition coefficient (Wildman–Crippen LogP) is 1.93. The van der Waals surface area contributed by atoms with E-state index in [0.29, 0.717) is 16.5 Å². The Kier molecular flexibility index (Phi) is 3.81. The Hall–Kier alpha value is -3.75. The number of hydrogen-bond acceptors (Lipinski definition) is 8. The molecule has 0 fully saturated rings. The molecule has 0 bridgehead atoms. The minimum Gasteiger partial charge on any atom is -0.459 e. The Balaban J connectivity index is 1.57. The first kappa shape index (κ1) is 15.8. The quantitative estimate of drug-likeness (QED) is 0.512. The van der Waals surface area contributed by atoms with Crippen molar-refractivity contribution >= 4 is 16.7 Å². The smallest absolute Gasteiger partial charge is 0.359 e. The van der Waals surface area contributed by atoms with Gasteiger partial charge in [0.15, 0.2) is 18.1 Å². The number of fused-ring (bicyclic) bond motifs is 1. The number of carbonyl (C=O) groups excluding carboxylic acids is 1. The molecule has 0 aliphatic carbocycles. The molecule has 4 rings (SSSR count). The van der Waals surface area contributed by atoms with Crippen molar-refractivity contribution < 1.29 is 18.4 Å².